The standard InChI is InChI=1S/C10H11FN4O/c1-6(4-12)9-14-10(16-15-9)7-2-3-13-5-8(7)11/h2-3,5-6H,4,12H2,1H3. The van der Waals surface area contributed by atoms with Gasteiger partial charge in [0.2, 0.25) is 0 Å². The minimum Gasteiger partial charge on any atom is -0.334 e. The summed E-state index contributed by atoms with van der Waals surface area (Å²) < 4.78 is 18.3. The zero-order valence-electron chi connectivity index (χ0n) is 8.72. The van der Waals surface area contributed by atoms with E-state index in [1.165, 1.54) is 12.3 Å². The van der Waals surface area contributed by atoms with E-state index in [0.717, 1.165) is 6.20 Å². The van der Waals surface area contributed by atoms with Gasteiger partial charge in [-0.15, -0.1) is 0 Å². The lowest BCUT2D eigenvalue weighted by Gasteiger charge is -1.99. The van der Waals surface area contributed by atoms with Gasteiger partial charge < -0.3 is 10.3 Å². The lowest BCUT2D eigenvalue weighted by atomic mass is 10.2. The van der Waals surface area contributed by atoms with Crippen molar-refractivity contribution in [2.45, 2.75) is 12.8 Å². The van der Waals surface area contributed by atoms with Crippen LogP contribution in [0.5, 0.6) is 0 Å². The number of pyridine rings is 1. The summed E-state index contributed by atoms with van der Waals surface area (Å²) in [7, 11) is 0. The van der Waals surface area contributed by atoms with E-state index in [1.807, 2.05) is 6.92 Å². The average Bonchev–Trinajstić information content (AvgIpc) is 2.78. The zero-order chi connectivity index (χ0) is 11.5. The highest BCUT2D eigenvalue weighted by atomic mass is 19.1. The van der Waals surface area contributed by atoms with Crippen LogP contribution in [-0.2, 0) is 0 Å². The second kappa shape index (κ2) is 4.36. The molecular weight excluding hydrogens is 211 g/mol. The van der Waals surface area contributed by atoms with Gasteiger partial charge in [0, 0.05) is 18.7 Å². The second-order valence-corrected chi connectivity index (χ2v) is 3.45. The van der Waals surface area contributed by atoms with Gasteiger partial charge >= 0.3 is 0 Å². The third-order valence-electron chi connectivity index (χ3n) is 2.24. The third-order valence-corrected chi connectivity index (χ3v) is 2.24. The Morgan fingerprint density at radius 3 is 3.06 bits per heavy atom. The molecule has 0 saturated carbocycles. The summed E-state index contributed by atoms with van der Waals surface area (Å²) in [6.45, 7) is 2.29. The van der Waals surface area contributed by atoms with Gasteiger partial charge in [0.1, 0.15) is 0 Å². The molecule has 2 N–H and O–H groups in total. The number of nitrogens with zero attached hydrogens (tertiary/aromatic N) is 3. The Morgan fingerprint density at radius 2 is 2.38 bits per heavy atom. The van der Waals surface area contributed by atoms with Crippen LogP contribution in [-0.4, -0.2) is 21.7 Å². The molecule has 1 atom stereocenters. The fourth-order valence-electron chi connectivity index (χ4n) is 1.20. The molecule has 2 aromatic rings. The highest BCUT2D eigenvalue weighted by molar-refractivity contribution is 5.52. The second-order valence-electron chi connectivity index (χ2n) is 3.45. The van der Waals surface area contributed by atoms with Crippen molar-refractivity contribution >= 4 is 0 Å². The third kappa shape index (κ3) is 1.92. The van der Waals surface area contributed by atoms with Gasteiger partial charge in [-0.25, -0.2) is 4.39 Å². The Hall–Kier alpha value is -1.82. The molecule has 16 heavy (non-hydrogen) atoms. The first kappa shape index (κ1) is 10.7. The Labute approximate surface area is 91.5 Å². The van der Waals surface area contributed by atoms with Crippen LogP contribution >= 0.6 is 0 Å². The predicted molar refractivity (Wildman–Crippen MR) is 55.0 cm³/mol. The molecule has 1 unspecified atom stereocenters. The monoisotopic (exact) mass is 222 g/mol. The smallest absolute Gasteiger partial charge is 0.261 e. The van der Waals surface area contributed by atoms with Crippen molar-refractivity contribution in [1.29, 1.82) is 0 Å². The normalized spacial score (nSPS) is 12.7. The van der Waals surface area contributed by atoms with Gasteiger partial charge in [0.05, 0.1) is 11.8 Å². The summed E-state index contributed by atoms with van der Waals surface area (Å²) in [6, 6.07) is 1.49. The van der Waals surface area contributed by atoms with E-state index < -0.39 is 5.82 Å². The first-order valence-electron chi connectivity index (χ1n) is 4.86. The number of hydrogen-bond acceptors (Lipinski definition) is 5. The van der Waals surface area contributed by atoms with E-state index in [1.54, 1.807) is 0 Å². The Morgan fingerprint density at radius 1 is 1.56 bits per heavy atom. The maximum absolute atomic E-state index is 13.4. The summed E-state index contributed by atoms with van der Waals surface area (Å²) in [6.07, 6.45) is 2.57. The lowest BCUT2D eigenvalue weighted by molar-refractivity contribution is 0.415. The molecule has 0 fully saturated rings. The minimum absolute atomic E-state index is 0.0117. The summed E-state index contributed by atoms with van der Waals surface area (Å²) >= 11 is 0. The number of nitrogens with two attached hydrogens (primary N) is 1. The van der Waals surface area contributed by atoms with Crippen LogP contribution in [0.4, 0.5) is 4.39 Å². The van der Waals surface area contributed by atoms with Gasteiger partial charge in [0.15, 0.2) is 11.6 Å². The first-order valence-corrected chi connectivity index (χ1v) is 4.86. The molecule has 0 saturated heterocycles. The number of halogens is 1. The molecular formula is C10H11FN4O. The molecule has 0 spiro atoms. The summed E-state index contributed by atoms with van der Waals surface area (Å²) in [4.78, 5) is 7.73. The van der Waals surface area contributed by atoms with Crippen molar-refractivity contribution in [2.24, 2.45) is 5.73 Å². The quantitative estimate of drug-likeness (QED) is 0.847. The largest absolute Gasteiger partial charge is 0.334 e. The maximum atomic E-state index is 13.4. The summed E-state index contributed by atoms with van der Waals surface area (Å²) in [5, 5.41) is 3.75. The predicted octanol–water partition coefficient (Wildman–Crippen LogP) is 1.33. The first-order chi connectivity index (χ1) is 7.72. The van der Waals surface area contributed by atoms with Gasteiger partial charge in [-0.05, 0) is 6.07 Å². The topological polar surface area (TPSA) is 77.8 Å². The molecule has 2 rings (SSSR count). The Kier molecular flexibility index (Phi) is 2.91. The highest BCUT2D eigenvalue weighted by Gasteiger charge is 2.15. The molecule has 5 nitrogen and oxygen atoms in total. The van der Waals surface area contributed by atoms with Crippen molar-refractivity contribution in [1.82, 2.24) is 15.1 Å². The molecule has 84 valence electrons. The van der Waals surface area contributed by atoms with E-state index in [-0.39, 0.29) is 17.4 Å². The summed E-state index contributed by atoms with van der Waals surface area (Å²) in [5.74, 6) is 0.129. The molecule has 0 aliphatic rings. The number of aromatic nitrogens is 3. The van der Waals surface area contributed by atoms with Crippen LogP contribution in [0.25, 0.3) is 11.5 Å². The Balaban J connectivity index is 2.35. The van der Waals surface area contributed by atoms with Gasteiger partial charge in [-0.1, -0.05) is 12.1 Å². The van der Waals surface area contributed by atoms with Gasteiger partial charge in [-0.3, -0.25) is 4.98 Å². The number of rotatable bonds is 3. The van der Waals surface area contributed by atoms with Crippen molar-refractivity contribution in [3.05, 3.63) is 30.1 Å². The molecule has 0 aliphatic carbocycles. The lowest BCUT2D eigenvalue weighted by Crippen LogP contribution is -2.10. The fourth-order valence-corrected chi connectivity index (χ4v) is 1.20. The van der Waals surface area contributed by atoms with E-state index in [4.69, 9.17) is 10.3 Å². The molecule has 2 aromatic heterocycles. The SMILES string of the molecule is CC(CN)c1noc(-c2ccncc2F)n1. The maximum Gasteiger partial charge on any atom is 0.261 e. The molecule has 0 radical (unpaired) electrons. The fraction of sp³-hybridized carbons (Fsp3) is 0.300. The van der Waals surface area contributed by atoms with Crippen molar-refractivity contribution in [3.8, 4) is 11.5 Å². The van der Waals surface area contributed by atoms with E-state index in [0.29, 0.717) is 12.4 Å². The minimum atomic E-state index is -0.488. The van der Waals surface area contributed by atoms with Gasteiger partial charge in [-0.2, -0.15) is 4.98 Å². The van der Waals surface area contributed by atoms with Crippen LogP contribution in [0.3, 0.4) is 0 Å². The molecule has 2 heterocycles. The van der Waals surface area contributed by atoms with Gasteiger partial charge in [0.25, 0.3) is 5.89 Å². The van der Waals surface area contributed by atoms with Crippen LogP contribution in [0.2, 0.25) is 0 Å². The molecule has 0 amide bonds. The highest BCUT2D eigenvalue weighted by Crippen LogP contribution is 2.21. The van der Waals surface area contributed by atoms with E-state index in [2.05, 4.69) is 15.1 Å². The van der Waals surface area contributed by atoms with Crippen LogP contribution < -0.4 is 5.73 Å². The molecule has 6 heteroatoms. The van der Waals surface area contributed by atoms with Crippen molar-refractivity contribution < 1.29 is 8.91 Å². The van der Waals surface area contributed by atoms with Crippen LogP contribution in [0, 0.1) is 5.82 Å². The Bertz CT molecular complexity index is 485. The van der Waals surface area contributed by atoms with Crippen LogP contribution in [0.1, 0.15) is 18.7 Å². The number of hydrogen-bond donors (Lipinski definition) is 1. The van der Waals surface area contributed by atoms with Crippen molar-refractivity contribution in [3.63, 3.8) is 0 Å². The zero-order valence-corrected chi connectivity index (χ0v) is 8.72. The molecule has 0 aromatic carbocycles. The average molecular weight is 222 g/mol. The van der Waals surface area contributed by atoms with E-state index >= 15 is 0 Å². The van der Waals surface area contributed by atoms with Crippen molar-refractivity contribution in [2.75, 3.05) is 6.54 Å². The molecule has 0 bridgehead atoms. The van der Waals surface area contributed by atoms with E-state index in [9.17, 15) is 4.39 Å². The molecule has 0 aliphatic heterocycles. The van der Waals surface area contributed by atoms with Crippen LogP contribution in [0.15, 0.2) is 23.0 Å². The summed E-state index contributed by atoms with van der Waals surface area (Å²) in [5.41, 5.74) is 5.72.